The van der Waals surface area contributed by atoms with Crippen molar-refractivity contribution in [3.05, 3.63) is 70.6 Å². The van der Waals surface area contributed by atoms with Crippen LogP contribution in [0, 0.1) is 0 Å². The normalized spacial score (nSPS) is 17.3. The van der Waals surface area contributed by atoms with Crippen molar-refractivity contribution in [2.75, 3.05) is 20.3 Å². The molecule has 0 aliphatic carbocycles. The van der Waals surface area contributed by atoms with Crippen molar-refractivity contribution in [1.29, 1.82) is 0 Å². The number of amides is 2. The van der Waals surface area contributed by atoms with E-state index in [0.29, 0.717) is 36.8 Å². The van der Waals surface area contributed by atoms with Crippen LogP contribution in [0.2, 0.25) is 0 Å². The van der Waals surface area contributed by atoms with Crippen molar-refractivity contribution in [3.63, 3.8) is 0 Å². The Hall–Kier alpha value is -3.32. The first-order chi connectivity index (χ1) is 15.1. The number of rotatable bonds is 4. The molecule has 1 N–H and O–H groups in total. The largest absolute Gasteiger partial charge is 0.493 e. The Bertz CT molecular complexity index is 1140. The lowest BCUT2D eigenvalue weighted by molar-refractivity contribution is -0.132. The molecule has 31 heavy (non-hydrogen) atoms. The summed E-state index contributed by atoms with van der Waals surface area (Å²) in [5.41, 5.74) is 3.49. The SMILES string of the molecule is COc1cc(-c2cccs2)cc2c1OCCN(C(=O)CC1NC(=O)c3ccccc31)C2. The molecule has 0 bridgehead atoms. The zero-order valence-corrected chi connectivity index (χ0v) is 17.9. The fraction of sp³-hybridized carbons (Fsp3) is 0.250. The van der Waals surface area contributed by atoms with Gasteiger partial charge in [-0.1, -0.05) is 24.3 Å². The Labute approximate surface area is 184 Å². The highest BCUT2D eigenvalue weighted by atomic mass is 32.1. The average Bonchev–Trinajstić information content (AvgIpc) is 3.36. The van der Waals surface area contributed by atoms with Gasteiger partial charge in [-0.3, -0.25) is 9.59 Å². The van der Waals surface area contributed by atoms with E-state index in [1.807, 2.05) is 35.7 Å². The molecular formula is C24H22N2O4S. The third-order valence-corrected chi connectivity index (χ3v) is 6.66. The highest BCUT2D eigenvalue weighted by molar-refractivity contribution is 7.13. The zero-order chi connectivity index (χ0) is 21.4. The molecule has 2 aliphatic rings. The number of hydrogen-bond acceptors (Lipinski definition) is 5. The molecule has 0 spiro atoms. The Morgan fingerprint density at radius 3 is 2.94 bits per heavy atom. The molecule has 7 heteroatoms. The molecule has 5 rings (SSSR count). The number of methoxy groups -OCH3 is 1. The number of nitrogens with one attached hydrogen (secondary N) is 1. The van der Waals surface area contributed by atoms with Crippen LogP contribution in [-0.2, 0) is 11.3 Å². The summed E-state index contributed by atoms with van der Waals surface area (Å²) in [7, 11) is 1.63. The molecule has 0 radical (unpaired) electrons. The van der Waals surface area contributed by atoms with Gasteiger partial charge in [0.25, 0.3) is 5.91 Å². The van der Waals surface area contributed by atoms with Crippen LogP contribution in [0.4, 0.5) is 0 Å². The van der Waals surface area contributed by atoms with E-state index in [4.69, 9.17) is 9.47 Å². The van der Waals surface area contributed by atoms with Crippen LogP contribution in [0.3, 0.4) is 0 Å². The van der Waals surface area contributed by atoms with Crippen molar-refractivity contribution >= 4 is 23.2 Å². The summed E-state index contributed by atoms with van der Waals surface area (Å²) < 4.78 is 11.6. The van der Waals surface area contributed by atoms with Gasteiger partial charge in [0.1, 0.15) is 6.61 Å². The lowest BCUT2D eigenvalue weighted by atomic mass is 10.0. The topological polar surface area (TPSA) is 67.9 Å². The van der Waals surface area contributed by atoms with Crippen LogP contribution < -0.4 is 14.8 Å². The fourth-order valence-electron chi connectivity index (χ4n) is 4.22. The summed E-state index contributed by atoms with van der Waals surface area (Å²) in [6, 6.07) is 15.3. The molecule has 3 aromatic rings. The van der Waals surface area contributed by atoms with Crippen molar-refractivity contribution in [1.82, 2.24) is 10.2 Å². The smallest absolute Gasteiger partial charge is 0.252 e. The predicted molar refractivity (Wildman–Crippen MR) is 118 cm³/mol. The van der Waals surface area contributed by atoms with Crippen LogP contribution in [0.1, 0.15) is 33.9 Å². The summed E-state index contributed by atoms with van der Waals surface area (Å²) >= 11 is 1.66. The lowest BCUT2D eigenvalue weighted by Crippen LogP contribution is -2.35. The van der Waals surface area contributed by atoms with Crippen LogP contribution in [0.15, 0.2) is 53.9 Å². The van der Waals surface area contributed by atoms with Gasteiger partial charge in [0.2, 0.25) is 5.91 Å². The van der Waals surface area contributed by atoms with E-state index in [1.54, 1.807) is 29.4 Å². The van der Waals surface area contributed by atoms with E-state index in [1.165, 1.54) is 0 Å². The second kappa shape index (κ2) is 8.07. The zero-order valence-electron chi connectivity index (χ0n) is 17.1. The molecule has 0 saturated carbocycles. The van der Waals surface area contributed by atoms with E-state index in [-0.39, 0.29) is 24.3 Å². The fourth-order valence-corrected chi connectivity index (χ4v) is 4.93. The Morgan fingerprint density at radius 1 is 1.26 bits per heavy atom. The van der Waals surface area contributed by atoms with Gasteiger partial charge in [-0.15, -0.1) is 11.3 Å². The minimum Gasteiger partial charge on any atom is -0.493 e. The number of benzene rings is 2. The summed E-state index contributed by atoms with van der Waals surface area (Å²) in [6.45, 7) is 1.31. The van der Waals surface area contributed by atoms with Crippen molar-refractivity contribution in [3.8, 4) is 21.9 Å². The number of carbonyl (C=O) groups is 2. The summed E-state index contributed by atoms with van der Waals surface area (Å²) in [5.74, 6) is 1.23. The number of ether oxygens (including phenoxy) is 2. The number of nitrogens with zero attached hydrogens (tertiary/aromatic N) is 1. The average molecular weight is 435 g/mol. The molecule has 0 fully saturated rings. The van der Waals surface area contributed by atoms with Crippen LogP contribution in [0.5, 0.6) is 11.5 Å². The number of thiophene rings is 1. The summed E-state index contributed by atoms with van der Waals surface area (Å²) in [5, 5.41) is 4.97. The van der Waals surface area contributed by atoms with Gasteiger partial charge in [0.05, 0.1) is 26.1 Å². The van der Waals surface area contributed by atoms with Crippen molar-refractivity contribution in [2.45, 2.75) is 19.0 Å². The third-order valence-electron chi connectivity index (χ3n) is 5.74. The Kier molecular flexibility index (Phi) is 5.11. The first-order valence-electron chi connectivity index (χ1n) is 10.2. The maximum atomic E-state index is 13.2. The second-order valence-electron chi connectivity index (χ2n) is 7.63. The predicted octanol–water partition coefficient (Wildman–Crippen LogP) is 4.02. The van der Waals surface area contributed by atoms with E-state index < -0.39 is 0 Å². The van der Waals surface area contributed by atoms with Gasteiger partial charge in [-0.05, 0) is 40.8 Å². The highest BCUT2D eigenvalue weighted by Crippen LogP contribution is 2.39. The van der Waals surface area contributed by atoms with E-state index in [0.717, 1.165) is 21.6 Å². The second-order valence-corrected chi connectivity index (χ2v) is 8.57. The molecule has 2 aliphatic heterocycles. The van der Waals surface area contributed by atoms with E-state index in [9.17, 15) is 9.59 Å². The molecule has 1 unspecified atom stereocenters. The first-order valence-corrected chi connectivity index (χ1v) is 11.1. The highest BCUT2D eigenvalue weighted by Gasteiger charge is 2.32. The standard InChI is InChI=1S/C24H22N2O4S/c1-29-20-12-15(21-7-4-10-31-21)11-16-14-26(8-9-30-23(16)20)22(27)13-19-17-5-2-3-6-18(17)24(28)25-19/h2-7,10-12,19H,8-9,13-14H2,1H3,(H,25,28). The lowest BCUT2D eigenvalue weighted by Gasteiger charge is -2.22. The van der Waals surface area contributed by atoms with Gasteiger partial charge in [-0.2, -0.15) is 0 Å². The molecule has 1 aromatic heterocycles. The van der Waals surface area contributed by atoms with E-state index in [2.05, 4.69) is 17.4 Å². The molecule has 2 aromatic carbocycles. The maximum absolute atomic E-state index is 13.2. The third kappa shape index (κ3) is 3.65. The Balaban J connectivity index is 1.40. The summed E-state index contributed by atoms with van der Waals surface area (Å²) in [6.07, 6.45) is 0.222. The number of hydrogen-bond donors (Lipinski definition) is 1. The quantitative estimate of drug-likeness (QED) is 0.674. The van der Waals surface area contributed by atoms with Crippen LogP contribution >= 0.6 is 11.3 Å². The van der Waals surface area contributed by atoms with Gasteiger partial charge in [0, 0.05) is 22.5 Å². The summed E-state index contributed by atoms with van der Waals surface area (Å²) in [4.78, 5) is 28.3. The number of fused-ring (bicyclic) bond motifs is 2. The first kappa shape index (κ1) is 19.6. The molecule has 3 heterocycles. The molecule has 2 amide bonds. The van der Waals surface area contributed by atoms with Crippen molar-refractivity contribution in [2.24, 2.45) is 0 Å². The monoisotopic (exact) mass is 434 g/mol. The van der Waals surface area contributed by atoms with Crippen molar-refractivity contribution < 1.29 is 19.1 Å². The van der Waals surface area contributed by atoms with Crippen LogP contribution in [-0.4, -0.2) is 37.0 Å². The van der Waals surface area contributed by atoms with Gasteiger partial charge < -0.3 is 19.7 Å². The maximum Gasteiger partial charge on any atom is 0.252 e. The number of carbonyl (C=O) groups excluding carboxylic acids is 2. The van der Waals surface area contributed by atoms with Gasteiger partial charge >= 0.3 is 0 Å². The minimum atomic E-state index is -0.299. The van der Waals surface area contributed by atoms with Gasteiger partial charge in [-0.25, -0.2) is 0 Å². The molecule has 0 saturated heterocycles. The molecular weight excluding hydrogens is 412 g/mol. The van der Waals surface area contributed by atoms with Crippen LogP contribution in [0.25, 0.3) is 10.4 Å². The van der Waals surface area contributed by atoms with E-state index >= 15 is 0 Å². The molecule has 158 valence electrons. The molecule has 6 nitrogen and oxygen atoms in total. The minimum absolute atomic E-state index is 0.0149. The molecule has 1 atom stereocenters. The van der Waals surface area contributed by atoms with Gasteiger partial charge in [0.15, 0.2) is 11.5 Å². The Morgan fingerprint density at radius 2 is 2.13 bits per heavy atom.